The Balaban J connectivity index is 1.67. The average Bonchev–Trinajstić information content (AvgIpc) is 2.88. The molecule has 2 fully saturated rings. The van der Waals surface area contributed by atoms with Crippen LogP contribution in [-0.4, -0.2) is 28.4 Å². The Bertz CT molecular complexity index is 411. The average molecular weight is 247 g/mol. The summed E-state index contributed by atoms with van der Waals surface area (Å²) in [5.41, 5.74) is 7.19. The number of nitrogens with one attached hydrogen (secondary N) is 1. The highest BCUT2D eigenvalue weighted by molar-refractivity contribution is 5.82. The number of nitrogens with zero attached hydrogens (tertiary/aromatic N) is 1. The van der Waals surface area contributed by atoms with Crippen LogP contribution in [0.1, 0.15) is 43.8 Å². The second kappa shape index (κ2) is 4.76. The molecule has 2 heterocycles. The third-order valence-electron chi connectivity index (χ3n) is 4.12. The lowest BCUT2D eigenvalue weighted by Gasteiger charge is -2.27. The molecule has 98 valence electrons. The van der Waals surface area contributed by atoms with Gasteiger partial charge in [-0.15, -0.1) is 0 Å². The van der Waals surface area contributed by atoms with Crippen molar-refractivity contribution < 1.29 is 4.79 Å². The molecule has 2 unspecified atom stereocenters. The van der Waals surface area contributed by atoms with Crippen molar-refractivity contribution in [2.24, 2.45) is 11.7 Å². The van der Waals surface area contributed by atoms with E-state index in [1.165, 1.54) is 12.8 Å². The maximum absolute atomic E-state index is 12.4. The first-order valence-electron chi connectivity index (χ1n) is 6.95. The molecular formula is C14H21N3O. The molecule has 1 aromatic rings. The van der Waals surface area contributed by atoms with Gasteiger partial charge in [-0.3, -0.25) is 4.79 Å². The summed E-state index contributed by atoms with van der Waals surface area (Å²) in [5, 5.41) is 0. The number of nitrogens with two attached hydrogens (primary N) is 1. The minimum absolute atomic E-state index is 0.138. The van der Waals surface area contributed by atoms with Crippen LogP contribution in [0.4, 0.5) is 0 Å². The second-order valence-corrected chi connectivity index (χ2v) is 5.60. The molecule has 0 bridgehead atoms. The van der Waals surface area contributed by atoms with Crippen molar-refractivity contribution >= 4 is 5.91 Å². The van der Waals surface area contributed by atoms with Crippen molar-refractivity contribution in [1.29, 1.82) is 0 Å². The fourth-order valence-corrected chi connectivity index (χ4v) is 2.93. The highest BCUT2D eigenvalue weighted by Gasteiger charge is 2.35. The van der Waals surface area contributed by atoms with Crippen molar-refractivity contribution in [2.75, 3.05) is 6.54 Å². The largest absolute Gasteiger partial charge is 0.363 e. The summed E-state index contributed by atoms with van der Waals surface area (Å²) in [6.07, 6.45) is 7.41. The van der Waals surface area contributed by atoms with Crippen LogP contribution >= 0.6 is 0 Å². The maximum Gasteiger partial charge on any atom is 0.240 e. The normalized spacial score (nSPS) is 25.4. The van der Waals surface area contributed by atoms with Crippen LogP contribution < -0.4 is 5.73 Å². The molecule has 2 atom stereocenters. The number of likely N-dealkylation sites (tertiary alicyclic amines) is 1. The summed E-state index contributed by atoms with van der Waals surface area (Å²) in [7, 11) is 0. The van der Waals surface area contributed by atoms with Crippen molar-refractivity contribution in [3.63, 3.8) is 0 Å². The fourth-order valence-electron chi connectivity index (χ4n) is 2.93. The van der Waals surface area contributed by atoms with Crippen molar-refractivity contribution in [2.45, 2.75) is 44.2 Å². The van der Waals surface area contributed by atoms with E-state index in [0.717, 1.165) is 31.5 Å². The smallest absolute Gasteiger partial charge is 0.240 e. The molecule has 0 spiro atoms. The summed E-state index contributed by atoms with van der Waals surface area (Å²) in [6, 6.07) is 3.95. The van der Waals surface area contributed by atoms with Crippen LogP contribution in [0.5, 0.6) is 0 Å². The quantitative estimate of drug-likeness (QED) is 0.852. The summed E-state index contributed by atoms with van der Waals surface area (Å²) < 4.78 is 0. The second-order valence-electron chi connectivity index (χ2n) is 5.60. The molecule has 4 heteroatoms. The van der Waals surface area contributed by atoms with Gasteiger partial charge in [0.15, 0.2) is 0 Å². The van der Waals surface area contributed by atoms with Crippen LogP contribution in [0, 0.1) is 5.92 Å². The highest BCUT2D eigenvalue weighted by Crippen LogP contribution is 2.35. The van der Waals surface area contributed by atoms with Crippen LogP contribution in [0.3, 0.4) is 0 Å². The third-order valence-corrected chi connectivity index (χ3v) is 4.12. The molecule has 1 aliphatic carbocycles. The number of hydrogen-bond acceptors (Lipinski definition) is 2. The van der Waals surface area contributed by atoms with Crippen molar-refractivity contribution in [3.05, 3.63) is 24.0 Å². The molecule has 0 aromatic carbocycles. The van der Waals surface area contributed by atoms with Crippen LogP contribution in [0.2, 0.25) is 0 Å². The van der Waals surface area contributed by atoms with Gasteiger partial charge in [0.2, 0.25) is 5.91 Å². The van der Waals surface area contributed by atoms with E-state index in [1.807, 2.05) is 17.2 Å². The Hall–Kier alpha value is -1.29. The van der Waals surface area contributed by atoms with Crippen LogP contribution in [-0.2, 0) is 4.79 Å². The first-order chi connectivity index (χ1) is 8.75. The van der Waals surface area contributed by atoms with E-state index >= 15 is 0 Å². The Kier molecular flexibility index (Phi) is 3.12. The molecule has 2 aliphatic rings. The van der Waals surface area contributed by atoms with E-state index in [0.29, 0.717) is 5.92 Å². The van der Waals surface area contributed by atoms with Gasteiger partial charge in [0, 0.05) is 18.4 Å². The van der Waals surface area contributed by atoms with E-state index in [2.05, 4.69) is 11.1 Å². The van der Waals surface area contributed by atoms with Crippen LogP contribution in [0.25, 0.3) is 0 Å². The molecule has 3 rings (SSSR count). The Morgan fingerprint density at radius 1 is 1.50 bits per heavy atom. The molecule has 1 aromatic heterocycles. The standard InChI is InChI=1S/C14H21N3O/c15-11(9-10-5-6-10)14(18)17-8-2-4-13(17)12-3-1-7-16-12/h1,3,7,10-11,13,16H,2,4-6,8-9,15H2. The molecule has 1 aliphatic heterocycles. The zero-order valence-corrected chi connectivity index (χ0v) is 10.6. The van der Waals surface area contributed by atoms with Gasteiger partial charge in [-0.1, -0.05) is 12.8 Å². The zero-order valence-electron chi connectivity index (χ0n) is 10.6. The molecule has 3 N–H and O–H groups in total. The fraction of sp³-hybridized carbons (Fsp3) is 0.643. The minimum atomic E-state index is -0.298. The molecule has 0 radical (unpaired) electrons. The molecule has 4 nitrogen and oxygen atoms in total. The number of rotatable bonds is 4. The zero-order chi connectivity index (χ0) is 12.5. The molecule has 1 amide bonds. The summed E-state index contributed by atoms with van der Waals surface area (Å²) >= 11 is 0. The summed E-state index contributed by atoms with van der Waals surface area (Å²) in [5.74, 6) is 0.842. The third kappa shape index (κ3) is 2.29. The lowest BCUT2D eigenvalue weighted by molar-refractivity contribution is -0.133. The van der Waals surface area contributed by atoms with E-state index in [9.17, 15) is 4.79 Å². The topological polar surface area (TPSA) is 62.1 Å². The molecular weight excluding hydrogens is 226 g/mol. The lowest BCUT2D eigenvalue weighted by Crippen LogP contribution is -2.43. The van der Waals surface area contributed by atoms with Gasteiger partial charge in [-0.05, 0) is 37.3 Å². The Morgan fingerprint density at radius 2 is 2.33 bits per heavy atom. The number of carbonyl (C=O) groups excluding carboxylic acids is 1. The van der Waals surface area contributed by atoms with Gasteiger partial charge >= 0.3 is 0 Å². The molecule has 18 heavy (non-hydrogen) atoms. The van der Waals surface area contributed by atoms with E-state index in [-0.39, 0.29) is 18.0 Å². The maximum atomic E-state index is 12.4. The summed E-state index contributed by atoms with van der Waals surface area (Å²) in [6.45, 7) is 0.848. The Morgan fingerprint density at radius 3 is 3.00 bits per heavy atom. The van der Waals surface area contributed by atoms with Gasteiger partial charge in [0.1, 0.15) is 0 Å². The first kappa shape index (κ1) is 11.8. The number of amides is 1. The van der Waals surface area contributed by atoms with Gasteiger partial charge in [0.05, 0.1) is 12.1 Å². The SMILES string of the molecule is NC(CC1CC1)C(=O)N1CCCC1c1ccc[nH]1. The monoisotopic (exact) mass is 247 g/mol. The molecule has 1 saturated heterocycles. The van der Waals surface area contributed by atoms with E-state index in [1.54, 1.807) is 0 Å². The van der Waals surface area contributed by atoms with Gasteiger partial charge in [-0.2, -0.15) is 0 Å². The van der Waals surface area contributed by atoms with Crippen LogP contribution in [0.15, 0.2) is 18.3 Å². The van der Waals surface area contributed by atoms with E-state index < -0.39 is 0 Å². The van der Waals surface area contributed by atoms with Crippen molar-refractivity contribution in [1.82, 2.24) is 9.88 Å². The van der Waals surface area contributed by atoms with Gasteiger partial charge < -0.3 is 15.6 Å². The van der Waals surface area contributed by atoms with Crippen molar-refractivity contribution in [3.8, 4) is 0 Å². The number of H-pyrrole nitrogens is 1. The minimum Gasteiger partial charge on any atom is -0.363 e. The number of hydrogen-bond donors (Lipinski definition) is 2. The predicted molar refractivity (Wildman–Crippen MR) is 69.8 cm³/mol. The first-order valence-corrected chi connectivity index (χ1v) is 6.95. The lowest BCUT2D eigenvalue weighted by atomic mass is 10.1. The highest BCUT2D eigenvalue weighted by atomic mass is 16.2. The summed E-state index contributed by atoms with van der Waals surface area (Å²) in [4.78, 5) is 17.6. The van der Waals surface area contributed by atoms with Gasteiger partial charge in [-0.25, -0.2) is 0 Å². The van der Waals surface area contributed by atoms with E-state index in [4.69, 9.17) is 5.73 Å². The number of aromatic amines is 1. The van der Waals surface area contributed by atoms with Gasteiger partial charge in [0.25, 0.3) is 0 Å². The number of aromatic nitrogens is 1. The Labute approximate surface area is 108 Å². The molecule has 1 saturated carbocycles. The predicted octanol–water partition coefficient (Wildman–Crippen LogP) is 1.81. The number of carbonyl (C=O) groups is 1.